The maximum Gasteiger partial charge on any atom is 0.319 e. The fourth-order valence-electron chi connectivity index (χ4n) is 3.40. The van der Waals surface area contributed by atoms with E-state index >= 15 is 0 Å². The molecule has 28 heavy (non-hydrogen) atoms. The molecule has 3 aromatic rings. The SMILES string of the molecule is COc1cc(NC(=O)NCc2n[nH]c3c2CCCCC3)cc(-n2cnnn2)c1. The van der Waals surface area contributed by atoms with Gasteiger partial charge in [-0.1, -0.05) is 6.42 Å². The van der Waals surface area contributed by atoms with E-state index in [4.69, 9.17) is 4.74 Å². The molecule has 0 bridgehead atoms. The van der Waals surface area contributed by atoms with Crippen molar-refractivity contribution >= 4 is 11.7 Å². The zero-order valence-corrected chi connectivity index (χ0v) is 15.6. The van der Waals surface area contributed by atoms with Crippen molar-refractivity contribution in [2.24, 2.45) is 0 Å². The number of carbonyl (C=O) groups is 1. The van der Waals surface area contributed by atoms with Crippen LogP contribution in [-0.4, -0.2) is 43.5 Å². The number of hydrogen-bond acceptors (Lipinski definition) is 6. The number of tetrazole rings is 1. The second kappa shape index (κ2) is 8.07. The number of methoxy groups -OCH3 is 1. The summed E-state index contributed by atoms with van der Waals surface area (Å²) in [6, 6.07) is 4.95. The summed E-state index contributed by atoms with van der Waals surface area (Å²) in [6.45, 7) is 0.376. The molecule has 10 nitrogen and oxygen atoms in total. The van der Waals surface area contributed by atoms with Crippen LogP contribution in [0, 0.1) is 0 Å². The Balaban J connectivity index is 1.43. The van der Waals surface area contributed by atoms with E-state index in [2.05, 4.69) is 36.4 Å². The molecule has 2 aromatic heterocycles. The average Bonchev–Trinajstić information content (AvgIpc) is 3.31. The van der Waals surface area contributed by atoms with Gasteiger partial charge in [-0.3, -0.25) is 5.10 Å². The number of rotatable bonds is 5. The largest absolute Gasteiger partial charge is 0.497 e. The number of fused-ring (bicyclic) bond motifs is 1. The minimum absolute atomic E-state index is 0.318. The highest BCUT2D eigenvalue weighted by molar-refractivity contribution is 5.89. The second-order valence-electron chi connectivity index (χ2n) is 6.67. The summed E-state index contributed by atoms with van der Waals surface area (Å²) in [6.07, 6.45) is 7.09. The molecular weight excluding hydrogens is 360 g/mol. The van der Waals surface area contributed by atoms with Crippen LogP contribution in [0.3, 0.4) is 0 Å². The Bertz CT molecular complexity index is 951. The fourth-order valence-corrected chi connectivity index (χ4v) is 3.40. The molecule has 0 radical (unpaired) electrons. The molecule has 3 N–H and O–H groups in total. The highest BCUT2D eigenvalue weighted by Gasteiger charge is 2.16. The molecule has 0 aliphatic heterocycles. The van der Waals surface area contributed by atoms with Crippen molar-refractivity contribution in [1.82, 2.24) is 35.7 Å². The van der Waals surface area contributed by atoms with Crippen LogP contribution in [0.15, 0.2) is 24.5 Å². The van der Waals surface area contributed by atoms with E-state index in [1.54, 1.807) is 25.3 Å². The lowest BCUT2D eigenvalue weighted by Gasteiger charge is -2.11. The third-order valence-electron chi connectivity index (χ3n) is 4.81. The quantitative estimate of drug-likeness (QED) is 0.580. The predicted molar refractivity (Wildman–Crippen MR) is 101 cm³/mol. The van der Waals surface area contributed by atoms with Crippen LogP contribution in [0.25, 0.3) is 5.69 Å². The summed E-state index contributed by atoms with van der Waals surface area (Å²) in [7, 11) is 1.56. The molecule has 2 amide bonds. The van der Waals surface area contributed by atoms with Gasteiger partial charge in [-0.25, -0.2) is 9.48 Å². The van der Waals surface area contributed by atoms with Gasteiger partial charge in [0, 0.05) is 23.5 Å². The fraction of sp³-hybridized carbons (Fsp3) is 0.389. The molecule has 2 heterocycles. The lowest BCUT2D eigenvalue weighted by molar-refractivity contribution is 0.251. The molecule has 0 saturated heterocycles. The highest BCUT2D eigenvalue weighted by Crippen LogP contribution is 2.23. The molecular formula is C18H22N8O2. The first-order valence-electron chi connectivity index (χ1n) is 9.25. The van der Waals surface area contributed by atoms with Crippen LogP contribution in [0.5, 0.6) is 5.75 Å². The van der Waals surface area contributed by atoms with Gasteiger partial charge in [0.15, 0.2) is 0 Å². The first-order valence-corrected chi connectivity index (χ1v) is 9.25. The number of aryl methyl sites for hydroxylation is 1. The van der Waals surface area contributed by atoms with Crippen molar-refractivity contribution in [2.45, 2.75) is 38.6 Å². The summed E-state index contributed by atoms with van der Waals surface area (Å²) in [5.41, 5.74) is 4.61. The molecule has 0 unspecified atom stereocenters. The van der Waals surface area contributed by atoms with Gasteiger partial charge in [0.1, 0.15) is 12.1 Å². The number of aromatic nitrogens is 6. The topological polar surface area (TPSA) is 123 Å². The number of nitrogens with one attached hydrogen (secondary N) is 3. The van der Waals surface area contributed by atoms with Crippen LogP contribution in [0.1, 0.15) is 36.2 Å². The van der Waals surface area contributed by atoms with E-state index in [1.165, 1.54) is 35.1 Å². The maximum atomic E-state index is 12.4. The molecule has 0 saturated carbocycles. The summed E-state index contributed by atoms with van der Waals surface area (Å²) in [5.74, 6) is 0.584. The third-order valence-corrected chi connectivity index (χ3v) is 4.81. The molecule has 1 aliphatic rings. The molecule has 4 rings (SSSR count). The summed E-state index contributed by atoms with van der Waals surface area (Å²) in [5, 5.41) is 24.3. The first-order chi connectivity index (χ1) is 13.7. The van der Waals surface area contributed by atoms with E-state index in [0.717, 1.165) is 25.0 Å². The van der Waals surface area contributed by atoms with Crippen molar-refractivity contribution in [3.8, 4) is 11.4 Å². The van der Waals surface area contributed by atoms with E-state index in [9.17, 15) is 4.79 Å². The Morgan fingerprint density at radius 3 is 2.96 bits per heavy atom. The molecule has 0 fully saturated rings. The van der Waals surface area contributed by atoms with Gasteiger partial charge >= 0.3 is 6.03 Å². The Morgan fingerprint density at radius 1 is 1.25 bits per heavy atom. The third kappa shape index (κ3) is 3.95. The number of amides is 2. The van der Waals surface area contributed by atoms with Gasteiger partial charge in [-0.15, -0.1) is 5.10 Å². The van der Waals surface area contributed by atoms with Crippen LogP contribution >= 0.6 is 0 Å². The van der Waals surface area contributed by atoms with Gasteiger partial charge in [0.05, 0.1) is 25.0 Å². The van der Waals surface area contributed by atoms with Crippen LogP contribution in [0.4, 0.5) is 10.5 Å². The molecule has 1 aliphatic carbocycles. The van der Waals surface area contributed by atoms with E-state index in [0.29, 0.717) is 23.7 Å². The summed E-state index contributed by atoms with van der Waals surface area (Å²) in [4.78, 5) is 12.4. The molecule has 1 aromatic carbocycles. The van der Waals surface area contributed by atoms with Crippen molar-refractivity contribution < 1.29 is 9.53 Å². The lowest BCUT2D eigenvalue weighted by atomic mass is 10.1. The number of carbonyl (C=O) groups excluding carboxylic acids is 1. The highest BCUT2D eigenvalue weighted by atomic mass is 16.5. The monoisotopic (exact) mass is 382 g/mol. The molecule has 0 spiro atoms. The predicted octanol–water partition coefficient (Wildman–Crippen LogP) is 1.98. The van der Waals surface area contributed by atoms with Crippen LogP contribution in [-0.2, 0) is 19.4 Å². The smallest absolute Gasteiger partial charge is 0.319 e. The maximum absolute atomic E-state index is 12.4. The standard InChI is InChI=1S/C18H22N8O2/c1-28-14-8-12(7-13(9-14)26-11-20-24-25-26)21-18(27)19-10-17-15-5-3-2-4-6-16(15)22-23-17/h7-9,11H,2-6,10H2,1H3,(H,22,23)(H2,19,21,27). The molecule has 10 heteroatoms. The number of H-pyrrole nitrogens is 1. The number of aromatic amines is 1. The van der Waals surface area contributed by atoms with Crippen molar-refractivity contribution in [2.75, 3.05) is 12.4 Å². The van der Waals surface area contributed by atoms with Crippen LogP contribution < -0.4 is 15.4 Å². The number of urea groups is 1. The van der Waals surface area contributed by atoms with Gasteiger partial charge in [0.25, 0.3) is 0 Å². The minimum atomic E-state index is -0.318. The zero-order valence-electron chi connectivity index (χ0n) is 15.6. The minimum Gasteiger partial charge on any atom is -0.497 e. The molecule has 0 atom stereocenters. The van der Waals surface area contributed by atoms with Gasteiger partial charge in [-0.2, -0.15) is 5.10 Å². The van der Waals surface area contributed by atoms with Crippen molar-refractivity contribution in [3.63, 3.8) is 0 Å². The summed E-state index contributed by atoms with van der Waals surface area (Å²) >= 11 is 0. The zero-order chi connectivity index (χ0) is 19.3. The number of nitrogens with zero attached hydrogens (tertiary/aromatic N) is 5. The Hall–Kier alpha value is -3.43. The average molecular weight is 382 g/mol. The van der Waals surface area contributed by atoms with Gasteiger partial charge in [0.2, 0.25) is 0 Å². The van der Waals surface area contributed by atoms with Crippen LogP contribution in [0.2, 0.25) is 0 Å². The van der Waals surface area contributed by atoms with Crippen molar-refractivity contribution in [3.05, 3.63) is 41.5 Å². The van der Waals surface area contributed by atoms with E-state index in [-0.39, 0.29) is 6.03 Å². The summed E-state index contributed by atoms with van der Waals surface area (Å²) < 4.78 is 6.79. The Morgan fingerprint density at radius 2 is 2.14 bits per heavy atom. The first kappa shape index (κ1) is 18.0. The number of benzene rings is 1. The number of hydrogen-bond donors (Lipinski definition) is 3. The Kier molecular flexibility index (Phi) is 5.18. The van der Waals surface area contributed by atoms with E-state index in [1.807, 2.05) is 0 Å². The number of ether oxygens (including phenoxy) is 1. The Labute approximate surface area is 161 Å². The lowest BCUT2D eigenvalue weighted by Crippen LogP contribution is -2.28. The number of anilines is 1. The van der Waals surface area contributed by atoms with Gasteiger partial charge in [-0.05, 0) is 47.7 Å². The normalized spacial score (nSPS) is 13.5. The second-order valence-corrected chi connectivity index (χ2v) is 6.67. The van der Waals surface area contributed by atoms with E-state index < -0.39 is 0 Å². The van der Waals surface area contributed by atoms with Crippen molar-refractivity contribution in [1.29, 1.82) is 0 Å². The molecule has 146 valence electrons. The van der Waals surface area contributed by atoms with Gasteiger partial charge < -0.3 is 15.4 Å².